The van der Waals surface area contributed by atoms with Crippen molar-refractivity contribution < 1.29 is 4.79 Å². The average Bonchev–Trinajstić information content (AvgIpc) is 2.55. The van der Waals surface area contributed by atoms with E-state index in [4.69, 9.17) is 17.3 Å². The Balaban J connectivity index is 2.25. The minimum atomic E-state index is -0.709. The standard InChI is InChI=1S/C13H18ClN3O/c1-9-7-13(12(15)18,8-17(9)2)16-11-5-3-4-10(14)6-11/h3-6,9,16H,7-8H2,1-2H3,(H2,15,18). The summed E-state index contributed by atoms with van der Waals surface area (Å²) in [6.45, 7) is 2.69. The van der Waals surface area contributed by atoms with Crippen molar-refractivity contribution in [2.75, 3.05) is 18.9 Å². The lowest BCUT2D eigenvalue weighted by atomic mass is 9.95. The molecule has 3 N–H and O–H groups in total. The number of likely N-dealkylation sites (N-methyl/N-ethyl adjacent to an activating group) is 1. The Bertz CT molecular complexity index is 453. The number of carbonyl (C=O) groups excluding carboxylic acids is 1. The molecule has 2 atom stereocenters. The summed E-state index contributed by atoms with van der Waals surface area (Å²) in [6, 6.07) is 7.66. The molecule has 0 spiro atoms. The van der Waals surface area contributed by atoms with Crippen LogP contribution in [0.3, 0.4) is 0 Å². The maximum atomic E-state index is 11.8. The van der Waals surface area contributed by atoms with Crippen LogP contribution in [0.25, 0.3) is 0 Å². The van der Waals surface area contributed by atoms with Gasteiger partial charge in [0.2, 0.25) is 5.91 Å². The molecule has 1 aliphatic heterocycles. The van der Waals surface area contributed by atoms with E-state index >= 15 is 0 Å². The largest absolute Gasteiger partial charge is 0.370 e. The van der Waals surface area contributed by atoms with Gasteiger partial charge in [-0.25, -0.2) is 0 Å². The maximum Gasteiger partial charge on any atom is 0.244 e. The molecule has 1 aliphatic rings. The lowest BCUT2D eigenvalue weighted by molar-refractivity contribution is -0.121. The second kappa shape index (κ2) is 4.78. The molecule has 0 bridgehead atoms. The van der Waals surface area contributed by atoms with Gasteiger partial charge in [-0.3, -0.25) is 4.79 Å². The molecule has 0 aromatic heterocycles. The van der Waals surface area contributed by atoms with Crippen LogP contribution in [0.5, 0.6) is 0 Å². The molecule has 98 valence electrons. The smallest absolute Gasteiger partial charge is 0.244 e. The molecule has 1 fully saturated rings. The van der Waals surface area contributed by atoms with Crippen LogP contribution >= 0.6 is 11.6 Å². The Labute approximate surface area is 112 Å². The number of anilines is 1. The first-order chi connectivity index (χ1) is 8.43. The van der Waals surface area contributed by atoms with Gasteiger partial charge in [0.05, 0.1) is 0 Å². The number of benzene rings is 1. The number of likely N-dealkylation sites (tertiary alicyclic amines) is 1. The van der Waals surface area contributed by atoms with Gasteiger partial charge in [-0.05, 0) is 38.6 Å². The molecule has 0 saturated carbocycles. The number of primary amides is 1. The van der Waals surface area contributed by atoms with Crippen molar-refractivity contribution in [2.45, 2.75) is 24.9 Å². The van der Waals surface area contributed by atoms with E-state index in [9.17, 15) is 4.79 Å². The lowest BCUT2D eigenvalue weighted by Gasteiger charge is -2.28. The number of hydrogen-bond acceptors (Lipinski definition) is 3. The highest BCUT2D eigenvalue weighted by molar-refractivity contribution is 6.30. The molecule has 2 unspecified atom stereocenters. The fraction of sp³-hybridized carbons (Fsp3) is 0.462. The first kappa shape index (κ1) is 13.2. The molecule has 5 heteroatoms. The Kier molecular flexibility index (Phi) is 3.50. The van der Waals surface area contributed by atoms with Crippen LogP contribution in [0.1, 0.15) is 13.3 Å². The summed E-state index contributed by atoms with van der Waals surface area (Å²) in [6.07, 6.45) is 0.700. The average molecular weight is 268 g/mol. The van der Waals surface area contributed by atoms with Crippen LogP contribution in [-0.4, -0.2) is 36.0 Å². The molecule has 0 radical (unpaired) electrons. The van der Waals surface area contributed by atoms with E-state index in [1.807, 2.05) is 19.2 Å². The molecular weight excluding hydrogens is 250 g/mol. The molecular formula is C13H18ClN3O. The molecule has 1 amide bonds. The highest BCUT2D eigenvalue weighted by Gasteiger charge is 2.45. The number of nitrogens with zero attached hydrogens (tertiary/aromatic N) is 1. The number of amides is 1. The van der Waals surface area contributed by atoms with Crippen molar-refractivity contribution in [3.05, 3.63) is 29.3 Å². The number of carbonyl (C=O) groups is 1. The molecule has 18 heavy (non-hydrogen) atoms. The van der Waals surface area contributed by atoms with E-state index in [1.54, 1.807) is 12.1 Å². The first-order valence-electron chi connectivity index (χ1n) is 5.97. The van der Waals surface area contributed by atoms with Gasteiger partial charge in [0.25, 0.3) is 0 Å². The predicted molar refractivity (Wildman–Crippen MR) is 73.7 cm³/mol. The second-order valence-corrected chi connectivity index (χ2v) is 5.49. The van der Waals surface area contributed by atoms with Gasteiger partial charge in [-0.15, -0.1) is 0 Å². The zero-order valence-electron chi connectivity index (χ0n) is 10.6. The maximum absolute atomic E-state index is 11.8. The van der Waals surface area contributed by atoms with Crippen molar-refractivity contribution in [3.63, 3.8) is 0 Å². The van der Waals surface area contributed by atoms with Crippen LogP contribution < -0.4 is 11.1 Å². The second-order valence-electron chi connectivity index (χ2n) is 5.05. The summed E-state index contributed by atoms with van der Waals surface area (Å²) in [5, 5.41) is 3.89. The molecule has 1 aromatic carbocycles. The first-order valence-corrected chi connectivity index (χ1v) is 6.35. The summed E-state index contributed by atoms with van der Waals surface area (Å²) in [5.74, 6) is -0.321. The van der Waals surface area contributed by atoms with Crippen molar-refractivity contribution in [2.24, 2.45) is 5.73 Å². The Hall–Kier alpha value is -1.26. The van der Waals surface area contributed by atoms with Gasteiger partial charge in [-0.2, -0.15) is 0 Å². The SMILES string of the molecule is CC1CC(Nc2cccc(Cl)c2)(C(N)=O)CN1C. The van der Waals surface area contributed by atoms with E-state index in [0.29, 0.717) is 24.0 Å². The molecule has 2 rings (SSSR count). The third kappa shape index (κ3) is 2.44. The van der Waals surface area contributed by atoms with Gasteiger partial charge in [0.15, 0.2) is 0 Å². The van der Waals surface area contributed by atoms with Crippen molar-refractivity contribution in [1.82, 2.24) is 4.90 Å². The monoisotopic (exact) mass is 267 g/mol. The van der Waals surface area contributed by atoms with Gasteiger partial charge < -0.3 is 16.0 Å². The van der Waals surface area contributed by atoms with Crippen LogP contribution in [0.15, 0.2) is 24.3 Å². The van der Waals surface area contributed by atoms with Crippen LogP contribution in [0.4, 0.5) is 5.69 Å². The van der Waals surface area contributed by atoms with Crippen molar-refractivity contribution >= 4 is 23.2 Å². The van der Waals surface area contributed by atoms with E-state index in [0.717, 1.165) is 5.69 Å². The third-order valence-electron chi connectivity index (χ3n) is 3.60. The highest BCUT2D eigenvalue weighted by Crippen LogP contribution is 2.30. The van der Waals surface area contributed by atoms with Gasteiger partial charge >= 0.3 is 0 Å². The quantitative estimate of drug-likeness (QED) is 0.876. The van der Waals surface area contributed by atoms with E-state index < -0.39 is 5.54 Å². The topological polar surface area (TPSA) is 58.4 Å². The fourth-order valence-corrected chi connectivity index (χ4v) is 2.67. The number of rotatable bonds is 3. The molecule has 0 aliphatic carbocycles. The number of nitrogens with two attached hydrogens (primary N) is 1. The highest BCUT2D eigenvalue weighted by atomic mass is 35.5. The van der Waals surface area contributed by atoms with Crippen LogP contribution in [0.2, 0.25) is 5.02 Å². The summed E-state index contributed by atoms with van der Waals surface area (Å²) in [5.41, 5.74) is 5.70. The van der Waals surface area contributed by atoms with E-state index in [-0.39, 0.29) is 5.91 Å². The summed E-state index contributed by atoms with van der Waals surface area (Å²) in [4.78, 5) is 13.9. The molecule has 1 aromatic rings. The zero-order valence-corrected chi connectivity index (χ0v) is 11.4. The van der Waals surface area contributed by atoms with Crippen LogP contribution in [0, 0.1) is 0 Å². The summed E-state index contributed by atoms with van der Waals surface area (Å²) < 4.78 is 0. The molecule has 1 heterocycles. The number of halogens is 1. The predicted octanol–water partition coefficient (Wildman–Crippen LogP) is 1.70. The number of hydrogen-bond donors (Lipinski definition) is 2. The summed E-state index contributed by atoms with van der Waals surface area (Å²) in [7, 11) is 2.00. The lowest BCUT2D eigenvalue weighted by Crippen LogP contribution is -2.52. The third-order valence-corrected chi connectivity index (χ3v) is 3.83. The van der Waals surface area contributed by atoms with Crippen molar-refractivity contribution in [3.8, 4) is 0 Å². The Morgan fingerprint density at radius 3 is 2.83 bits per heavy atom. The normalized spacial score (nSPS) is 28.3. The zero-order chi connectivity index (χ0) is 13.3. The summed E-state index contributed by atoms with van der Waals surface area (Å²) >= 11 is 5.95. The van der Waals surface area contributed by atoms with Gasteiger partial charge in [0.1, 0.15) is 5.54 Å². The molecule has 4 nitrogen and oxygen atoms in total. The minimum Gasteiger partial charge on any atom is -0.370 e. The van der Waals surface area contributed by atoms with Crippen LogP contribution in [-0.2, 0) is 4.79 Å². The number of nitrogens with one attached hydrogen (secondary N) is 1. The molecule has 1 saturated heterocycles. The Morgan fingerprint density at radius 1 is 1.61 bits per heavy atom. The fourth-order valence-electron chi connectivity index (χ4n) is 2.48. The minimum absolute atomic E-state index is 0.321. The van der Waals surface area contributed by atoms with E-state index in [2.05, 4.69) is 17.1 Å². The van der Waals surface area contributed by atoms with Gasteiger partial charge in [0, 0.05) is 23.3 Å². The van der Waals surface area contributed by atoms with Gasteiger partial charge in [-0.1, -0.05) is 17.7 Å². The van der Waals surface area contributed by atoms with E-state index in [1.165, 1.54) is 0 Å². The van der Waals surface area contributed by atoms with Crippen molar-refractivity contribution in [1.29, 1.82) is 0 Å². The Morgan fingerprint density at radius 2 is 2.33 bits per heavy atom.